The number of hydrogen-bond donors (Lipinski definition) is 2. The second-order valence-corrected chi connectivity index (χ2v) is 6.70. The van der Waals surface area contributed by atoms with Gasteiger partial charge in [-0.3, -0.25) is 9.79 Å². The van der Waals surface area contributed by atoms with Gasteiger partial charge in [-0.25, -0.2) is 0 Å². The minimum absolute atomic E-state index is 0. The number of rotatable bonds is 7. The van der Waals surface area contributed by atoms with Crippen LogP contribution < -0.4 is 15.4 Å². The number of halogens is 2. The highest BCUT2D eigenvalue weighted by Gasteiger charge is 2.25. The van der Waals surface area contributed by atoms with E-state index >= 15 is 0 Å². The third-order valence-corrected chi connectivity index (χ3v) is 4.79. The third kappa shape index (κ3) is 7.37. The van der Waals surface area contributed by atoms with Gasteiger partial charge in [-0.2, -0.15) is 0 Å². The van der Waals surface area contributed by atoms with Crippen molar-refractivity contribution in [2.24, 2.45) is 4.99 Å². The molecule has 2 rings (SSSR count). The van der Waals surface area contributed by atoms with Gasteiger partial charge in [0.1, 0.15) is 5.75 Å². The molecule has 1 atom stereocenters. The van der Waals surface area contributed by atoms with E-state index in [4.69, 9.17) is 16.3 Å². The van der Waals surface area contributed by atoms with Gasteiger partial charge in [-0.15, -0.1) is 24.0 Å². The number of carbonyl (C=O) groups excluding carboxylic acids is 1. The number of nitrogens with one attached hydrogen (secondary N) is 2. The summed E-state index contributed by atoms with van der Waals surface area (Å²) in [5.41, 5.74) is 1.05. The molecule has 0 spiro atoms. The Kier molecular flexibility index (Phi) is 10.8. The molecule has 1 amide bonds. The molecule has 1 heterocycles. The van der Waals surface area contributed by atoms with E-state index < -0.39 is 0 Å². The molecule has 2 N–H and O–H groups in total. The van der Waals surface area contributed by atoms with Gasteiger partial charge < -0.3 is 20.3 Å². The van der Waals surface area contributed by atoms with Gasteiger partial charge in [0.25, 0.3) is 0 Å². The third-order valence-electron chi connectivity index (χ3n) is 4.44. The number of likely N-dealkylation sites (tertiary alicyclic amines) is 1. The largest absolute Gasteiger partial charge is 0.497 e. The Morgan fingerprint density at radius 1 is 1.41 bits per heavy atom. The Bertz CT molecular complexity index is 642. The fourth-order valence-corrected chi connectivity index (χ4v) is 3.25. The molecule has 1 fully saturated rings. The number of methoxy groups -OCH3 is 1. The molecule has 1 aromatic rings. The Morgan fingerprint density at radius 2 is 2.19 bits per heavy atom. The molecule has 0 saturated carbocycles. The van der Waals surface area contributed by atoms with Crippen molar-refractivity contribution in [3.05, 3.63) is 28.8 Å². The van der Waals surface area contributed by atoms with Crippen LogP contribution in [0.4, 0.5) is 0 Å². The molecule has 0 bridgehead atoms. The molecule has 8 heteroatoms. The highest BCUT2D eigenvalue weighted by Crippen LogP contribution is 2.22. The number of carbonyl (C=O) groups is 1. The summed E-state index contributed by atoms with van der Waals surface area (Å²) >= 11 is 6.28. The normalized spacial score (nSPS) is 16.7. The van der Waals surface area contributed by atoms with Gasteiger partial charge in [-0.05, 0) is 37.5 Å². The van der Waals surface area contributed by atoms with Crippen LogP contribution in [0.15, 0.2) is 23.2 Å². The molecule has 6 nitrogen and oxygen atoms in total. The summed E-state index contributed by atoms with van der Waals surface area (Å²) in [5.74, 6) is 1.75. The van der Waals surface area contributed by atoms with E-state index in [1.807, 2.05) is 36.9 Å². The van der Waals surface area contributed by atoms with Crippen molar-refractivity contribution in [2.75, 3.05) is 33.3 Å². The minimum Gasteiger partial charge on any atom is -0.497 e. The Morgan fingerprint density at radius 3 is 2.81 bits per heavy atom. The zero-order chi connectivity index (χ0) is 18.9. The smallest absolute Gasteiger partial charge is 0.222 e. The highest BCUT2D eigenvalue weighted by atomic mass is 127. The first kappa shape index (κ1) is 23.8. The minimum atomic E-state index is 0. The Hall–Kier alpha value is -1.22. The second-order valence-electron chi connectivity index (χ2n) is 6.29. The van der Waals surface area contributed by atoms with Crippen molar-refractivity contribution < 1.29 is 9.53 Å². The van der Waals surface area contributed by atoms with Gasteiger partial charge in [-0.1, -0.05) is 24.6 Å². The van der Waals surface area contributed by atoms with E-state index in [1.165, 1.54) is 0 Å². The zero-order valence-corrected chi connectivity index (χ0v) is 19.3. The van der Waals surface area contributed by atoms with Gasteiger partial charge in [0.2, 0.25) is 5.91 Å². The number of hydrogen-bond acceptors (Lipinski definition) is 3. The fourth-order valence-electron chi connectivity index (χ4n) is 2.99. The fraction of sp³-hybridized carbons (Fsp3) is 0.579. The summed E-state index contributed by atoms with van der Waals surface area (Å²) in [6.07, 6.45) is 2.26. The molecule has 0 aromatic heterocycles. The van der Waals surface area contributed by atoms with E-state index in [9.17, 15) is 4.79 Å². The number of amides is 1. The van der Waals surface area contributed by atoms with Crippen LogP contribution >= 0.6 is 35.6 Å². The molecular formula is C19H30ClIN4O2. The molecule has 0 aliphatic carbocycles. The lowest BCUT2D eigenvalue weighted by Crippen LogP contribution is -2.45. The van der Waals surface area contributed by atoms with Crippen LogP contribution in [-0.2, 0) is 11.2 Å². The predicted octanol–water partition coefficient (Wildman–Crippen LogP) is 3.08. The molecule has 1 aromatic carbocycles. The van der Waals surface area contributed by atoms with Crippen LogP contribution in [-0.4, -0.2) is 56.1 Å². The summed E-state index contributed by atoms with van der Waals surface area (Å²) in [7, 11) is 1.63. The van der Waals surface area contributed by atoms with E-state index in [0.29, 0.717) is 18.0 Å². The van der Waals surface area contributed by atoms with Crippen molar-refractivity contribution in [2.45, 2.75) is 39.2 Å². The first-order valence-electron chi connectivity index (χ1n) is 9.22. The summed E-state index contributed by atoms with van der Waals surface area (Å²) < 4.78 is 5.17. The SMILES string of the molecule is CCNC(=NCCc1ccc(OC)cc1Cl)NC1CCN(C(=O)CC)C1.I. The lowest BCUT2D eigenvalue weighted by atomic mass is 10.1. The molecule has 27 heavy (non-hydrogen) atoms. The van der Waals surface area contributed by atoms with Crippen molar-refractivity contribution in [3.63, 3.8) is 0 Å². The van der Waals surface area contributed by atoms with Crippen molar-refractivity contribution >= 4 is 47.4 Å². The first-order chi connectivity index (χ1) is 12.6. The van der Waals surface area contributed by atoms with Crippen LogP contribution in [0.25, 0.3) is 0 Å². The number of ether oxygens (including phenoxy) is 1. The van der Waals surface area contributed by atoms with Crippen molar-refractivity contribution in [3.8, 4) is 5.75 Å². The molecule has 152 valence electrons. The maximum atomic E-state index is 11.8. The van der Waals surface area contributed by atoms with Gasteiger partial charge >= 0.3 is 0 Å². The van der Waals surface area contributed by atoms with Gasteiger partial charge in [0.15, 0.2) is 5.96 Å². The number of nitrogens with zero attached hydrogens (tertiary/aromatic N) is 2. The average molecular weight is 509 g/mol. The maximum Gasteiger partial charge on any atom is 0.222 e. The van der Waals surface area contributed by atoms with E-state index in [2.05, 4.69) is 15.6 Å². The predicted molar refractivity (Wildman–Crippen MR) is 122 cm³/mol. The summed E-state index contributed by atoms with van der Waals surface area (Å²) in [6.45, 7) is 6.91. The Balaban J connectivity index is 0.00000364. The van der Waals surface area contributed by atoms with Gasteiger partial charge in [0.05, 0.1) is 7.11 Å². The molecular weight excluding hydrogens is 479 g/mol. The van der Waals surface area contributed by atoms with Crippen LogP contribution in [0.3, 0.4) is 0 Å². The second kappa shape index (κ2) is 12.3. The molecule has 1 aliphatic rings. The lowest BCUT2D eigenvalue weighted by Gasteiger charge is -2.18. The number of aliphatic imine (C=N–C) groups is 1. The topological polar surface area (TPSA) is 66.0 Å². The van der Waals surface area contributed by atoms with E-state index in [-0.39, 0.29) is 35.9 Å². The first-order valence-corrected chi connectivity index (χ1v) is 9.60. The lowest BCUT2D eigenvalue weighted by molar-refractivity contribution is -0.129. The van der Waals surface area contributed by atoms with E-state index in [1.54, 1.807) is 7.11 Å². The standard InChI is InChI=1S/C19H29ClN4O2.HI/c1-4-18(25)24-11-9-15(13-24)23-19(21-5-2)22-10-8-14-6-7-16(26-3)12-17(14)20;/h6-7,12,15H,4-5,8-11,13H2,1-3H3,(H2,21,22,23);1H. The average Bonchev–Trinajstić information content (AvgIpc) is 3.11. The summed E-state index contributed by atoms with van der Waals surface area (Å²) in [5, 5.41) is 7.40. The van der Waals surface area contributed by atoms with Gasteiger partial charge in [0, 0.05) is 43.7 Å². The van der Waals surface area contributed by atoms with E-state index in [0.717, 1.165) is 49.7 Å². The van der Waals surface area contributed by atoms with Crippen LogP contribution in [0.5, 0.6) is 5.75 Å². The maximum absolute atomic E-state index is 11.8. The van der Waals surface area contributed by atoms with Crippen molar-refractivity contribution in [1.82, 2.24) is 15.5 Å². The van der Waals surface area contributed by atoms with Crippen LogP contribution in [0, 0.1) is 0 Å². The summed E-state index contributed by atoms with van der Waals surface area (Å²) in [6, 6.07) is 5.95. The molecule has 1 saturated heterocycles. The number of benzene rings is 1. The van der Waals surface area contributed by atoms with Crippen LogP contribution in [0.2, 0.25) is 5.02 Å². The molecule has 0 radical (unpaired) electrons. The molecule has 1 unspecified atom stereocenters. The quantitative estimate of drug-likeness (QED) is 0.338. The summed E-state index contributed by atoms with van der Waals surface area (Å²) in [4.78, 5) is 18.4. The van der Waals surface area contributed by atoms with Crippen molar-refractivity contribution in [1.29, 1.82) is 0 Å². The number of guanidine groups is 1. The van der Waals surface area contributed by atoms with Crippen LogP contribution in [0.1, 0.15) is 32.3 Å². The Labute approximate surface area is 184 Å². The highest BCUT2D eigenvalue weighted by molar-refractivity contribution is 14.0. The molecule has 1 aliphatic heterocycles. The zero-order valence-electron chi connectivity index (χ0n) is 16.3. The monoisotopic (exact) mass is 508 g/mol.